The highest BCUT2D eigenvalue weighted by Crippen LogP contribution is 2.28. The molecular weight excluding hydrogens is 222 g/mol. The van der Waals surface area contributed by atoms with E-state index in [2.05, 4.69) is 50.4 Å². The van der Waals surface area contributed by atoms with Crippen LogP contribution in [0.25, 0.3) is 0 Å². The zero-order valence-electron chi connectivity index (χ0n) is 11.8. The molecule has 1 aliphatic rings. The number of nitrogens with one attached hydrogen (secondary N) is 1. The van der Waals surface area contributed by atoms with Gasteiger partial charge in [-0.25, -0.2) is 0 Å². The lowest BCUT2D eigenvalue weighted by molar-refractivity contribution is -0.0142. The minimum atomic E-state index is 0.0785. The van der Waals surface area contributed by atoms with Crippen LogP contribution in [-0.4, -0.2) is 18.2 Å². The van der Waals surface area contributed by atoms with Crippen molar-refractivity contribution in [1.29, 1.82) is 0 Å². The van der Waals surface area contributed by atoms with Crippen LogP contribution in [0.4, 0.5) is 0 Å². The topological polar surface area (TPSA) is 21.3 Å². The van der Waals surface area contributed by atoms with Gasteiger partial charge in [-0.05, 0) is 44.2 Å². The molecule has 1 N–H and O–H groups in total. The van der Waals surface area contributed by atoms with Crippen LogP contribution in [0.2, 0.25) is 0 Å². The molecule has 1 atom stereocenters. The Hall–Kier alpha value is -0.860. The fraction of sp³-hybridized carbons (Fsp3) is 0.625. The molecule has 2 nitrogen and oxygen atoms in total. The predicted molar refractivity (Wildman–Crippen MR) is 75.7 cm³/mol. The number of benzene rings is 1. The third-order valence-corrected chi connectivity index (χ3v) is 3.69. The molecule has 0 spiro atoms. The van der Waals surface area contributed by atoms with E-state index < -0.39 is 0 Å². The monoisotopic (exact) mass is 247 g/mol. The number of hydrogen-bond acceptors (Lipinski definition) is 2. The molecule has 18 heavy (non-hydrogen) atoms. The molecule has 1 aromatic rings. The molecule has 0 saturated carbocycles. The number of ether oxygens (including phenoxy) is 1. The summed E-state index contributed by atoms with van der Waals surface area (Å²) in [6, 6.07) is 8.86. The molecule has 1 saturated heterocycles. The van der Waals surface area contributed by atoms with Crippen molar-refractivity contribution in [3.05, 3.63) is 35.4 Å². The maximum Gasteiger partial charge on any atom is 0.0707 e. The lowest BCUT2D eigenvalue weighted by atomic mass is 10.1. The average molecular weight is 247 g/mol. The first kappa shape index (κ1) is 13.6. The van der Waals surface area contributed by atoms with E-state index in [4.69, 9.17) is 4.74 Å². The summed E-state index contributed by atoms with van der Waals surface area (Å²) < 4.78 is 5.96. The Balaban J connectivity index is 1.72. The van der Waals surface area contributed by atoms with Gasteiger partial charge in [0, 0.05) is 13.1 Å². The number of aryl methyl sites for hydroxylation is 1. The number of hydrogen-bond donors (Lipinski definition) is 1. The zero-order chi connectivity index (χ0) is 13.0. The molecule has 0 aromatic heterocycles. The van der Waals surface area contributed by atoms with Gasteiger partial charge in [-0.1, -0.05) is 31.2 Å². The Bertz CT molecular complexity index is 369. The minimum Gasteiger partial charge on any atom is -0.371 e. The fourth-order valence-electron chi connectivity index (χ4n) is 2.49. The van der Waals surface area contributed by atoms with Crippen molar-refractivity contribution in [1.82, 2.24) is 5.32 Å². The van der Waals surface area contributed by atoms with Gasteiger partial charge in [-0.15, -0.1) is 0 Å². The zero-order valence-corrected chi connectivity index (χ0v) is 11.8. The minimum absolute atomic E-state index is 0.0785. The second-order valence-electron chi connectivity index (χ2n) is 5.84. The molecule has 1 fully saturated rings. The lowest BCUT2D eigenvalue weighted by Gasteiger charge is -2.19. The third-order valence-electron chi connectivity index (χ3n) is 3.69. The van der Waals surface area contributed by atoms with Gasteiger partial charge in [0.05, 0.1) is 11.7 Å². The highest BCUT2D eigenvalue weighted by atomic mass is 16.5. The van der Waals surface area contributed by atoms with Crippen LogP contribution in [0.1, 0.15) is 44.7 Å². The van der Waals surface area contributed by atoms with Gasteiger partial charge in [0.2, 0.25) is 0 Å². The van der Waals surface area contributed by atoms with Crippen LogP contribution in [0, 0.1) is 0 Å². The van der Waals surface area contributed by atoms with Crippen LogP contribution in [-0.2, 0) is 17.7 Å². The molecule has 2 heteroatoms. The summed E-state index contributed by atoms with van der Waals surface area (Å²) in [5, 5.41) is 3.49. The van der Waals surface area contributed by atoms with Crippen molar-refractivity contribution in [2.75, 3.05) is 6.54 Å². The molecule has 1 aliphatic heterocycles. The molecule has 100 valence electrons. The fourth-order valence-corrected chi connectivity index (χ4v) is 2.49. The van der Waals surface area contributed by atoms with Gasteiger partial charge in [-0.2, -0.15) is 0 Å². The van der Waals surface area contributed by atoms with E-state index in [0.29, 0.717) is 6.10 Å². The SMILES string of the molecule is CCc1ccc(CNCC2CCC(C)(C)O2)cc1. The van der Waals surface area contributed by atoms with E-state index in [1.165, 1.54) is 24.0 Å². The van der Waals surface area contributed by atoms with E-state index in [1.807, 2.05) is 0 Å². The maximum absolute atomic E-state index is 5.96. The highest BCUT2D eigenvalue weighted by Gasteiger charge is 2.30. The summed E-state index contributed by atoms with van der Waals surface area (Å²) in [5.74, 6) is 0. The van der Waals surface area contributed by atoms with Crippen molar-refractivity contribution in [2.45, 2.75) is 58.3 Å². The molecule has 1 unspecified atom stereocenters. The van der Waals surface area contributed by atoms with Crippen molar-refractivity contribution >= 4 is 0 Å². The quantitative estimate of drug-likeness (QED) is 0.862. The maximum atomic E-state index is 5.96. The summed E-state index contributed by atoms with van der Waals surface area (Å²) in [4.78, 5) is 0. The van der Waals surface area contributed by atoms with Crippen molar-refractivity contribution < 1.29 is 4.74 Å². The van der Waals surface area contributed by atoms with Crippen LogP contribution >= 0.6 is 0 Å². The van der Waals surface area contributed by atoms with Crippen LogP contribution in [0.3, 0.4) is 0 Å². The summed E-state index contributed by atoms with van der Waals surface area (Å²) in [7, 11) is 0. The Morgan fingerprint density at radius 3 is 2.44 bits per heavy atom. The van der Waals surface area contributed by atoms with E-state index >= 15 is 0 Å². The Labute approximate surface area is 111 Å². The van der Waals surface area contributed by atoms with Crippen LogP contribution in [0.5, 0.6) is 0 Å². The van der Waals surface area contributed by atoms with Gasteiger partial charge >= 0.3 is 0 Å². The Morgan fingerprint density at radius 1 is 1.22 bits per heavy atom. The van der Waals surface area contributed by atoms with Gasteiger partial charge in [-0.3, -0.25) is 0 Å². The van der Waals surface area contributed by atoms with E-state index in [-0.39, 0.29) is 5.60 Å². The molecule has 0 radical (unpaired) electrons. The summed E-state index contributed by atoms with van der Waals surface area (Å²) in [6.07, 6.45) is 3.84. The van der Waals surface area contributed by atoms with Crippen LogP contribution < -0.4 is 5.32 Å². The Morgan fingerprint density at radius 2 is 1.89 bits per heavy atom. The first-order valence-corrected chi connectivity index (χ1v) is 7.05. The van der Waals surface area contributed by atoms with Gasteiger partial charge in [0.1, 0.15) is 0 Å². The molecule has 0 aliphatic carbocycles. The molecule has 1 heterocycles. The van der Waals surface area contributed by atoms with Gasteiger partial charge in [0.25, 0.3) is 0 Å². The summed E-state index contributed by atoms with van der Waals surface area (Å²) in [6.45, 7) is 8.43. The summed E-state index contributed by atoms with van der Waals surface area (Å²) in [5.41, 5.74) is 2.83. The molecule has 2 rings (SSSR count). The van der Waals surface area contributed by atoms with Crippen molar-refractivity contribution in [2.24, 2.45) is 0 Å². The average Bonchev–Trinajstić information content (AvgIpc) is 2.70. The smallest absolute Gasteiger partial charge is 0.0707 e. The molecule has 1 aromatic carbocycles. The van der Waals surface area contributed by atoms with Crippen molar-refractivity contribution in [3.8, 4) is 0 Å². The summed E-state index contributed by atoms with van der Waals surface area (Å²) >= 11 is 0. The van der Waals surface area contributed by atoms with Gasteiger partial charge < -0.3 is 10.1 Å². The standard InChI is InChI=1S/C16H25NO/c1-4-13-5-7-14(8-6-13)11-17-12-15-9-10-16(2,3)18-15/h5-8,15,17H,4,9-12H2,1-3H3. The highest BCUT2D eigenvalue weighted by molar-refractivity contribution is 5.22. The first-order chi connectivity index (χ1) is 8.59. The second-order valence-corrected chi connectivity index (χ2v) is 5.84. The third kappa shape index (κ3) is 3.82. The normalized spacial score (nSPS) is 22.3. The van der Waals surface area contributed by atoms with E-state index in [1.54, 1.807) is 0 Å². The molecule has 0 amide bonds. The second kappa shape index (κ2) is 5.85. The predicted octanol–water partition coefficient (Wildman–Crippen LogP) is 3.30. The van der Waals surface area contributed by atoms with Crippen molar-refractivity contribution in [3.63, 3.8) is 0 Å². The van der Waals surface area contributed by atoms with E-state index in [9.17, 15) is 0 Å². The lowest BCUT2D eigenvalue weighted by Crippen LogP contribution is -2.29. The first-order valence-electron chi connectivity index (χ1n) is 7.05. The van der Waals surface area contributed by atoms with Gasteiger partial charge in [0.15, 0.2) is 0 Å². The number of rotatable bonds is 5. The Kier molecular flexibility index (Phi) is 4.41. The largest absolute Gasteiger partial charge is 0.371 e. The molecule has 0 bridgehead atoms. The van der Waals surface area contributed by atoms with Crippen LogP contribution in [0.15, 0.2) is 24.3 Å². The molecular formula is C16H25NO. The van der Waals surface area contributed by atoms with E-state index in [0.717, 1.165) is 19.5 Å².